The van der Waals surface area contributed by atoms with Gasteiger partial charge in [0.05, 0.1) is 18.0 Å². The van der Waals surface area contributed by atoms with E-state index in [0.29, 0.717) is 17.1 Å². The summed E-state index contributed by atoms with van der Waals surface area (Å²) in [6.07, 6.45) is 1.77. The number of anilines is 1. The Bertz CT molecular complexity index is 929. The summed E-state index contributed by atoms with van der Waals surface area (Å²) in [5.74, 6) is -0.370. The van der Waals surface area contributed by atoms with Gasteiger partial charge in [0, 0.05) is 5.02 Å². The highest BCUT2D eigenvalue weighted by molar-refractivity contribution is 7.92. The highest BCUT2D eigenvalue weighted by Gasteiger charge is 2.22. The van der Waals surface area contributed by atoms with E-state index in [1.807, 2.05) is 32.9 Å². The number of benzene rings is 2. The first-order chi connectivity index (χ1) is 12.6. The van der Waals surface area contributed by atoms with Gasteiger partial charge in [-0.3, -0.25) is 9.10 Å². The lowest BCUT2D eigenvalue weighted by atomic mass is 9.99. The zero-order chi connectivity index (χ0) is 20.2. The maximum Gasteiger partial charge on any atom is 0.241 e. The second kappa shape index (κ2) is 8.76. The average Bonchev–Trinajstić information content (AvgIpc) is 2.59. The summed E-state index contributed by atoms with van der Waals surface area (Å²) >= 11 is 5.97. The van der Waals surface area contributed by atoms with Crippen LogP contribution >= 0.6 is 11.6 Å². The minimum Gasteiger partial charge on any atom is -0.348 e. The van der Waals surface area contributed by atoms with Crippen molar-refractivity contribution in [2.75, 3.05) is 17.1 Å². The van der Waals surface area contributed by atoms with E-state index >= 15 is 0 Å². The maximum atomic E-state index is 12.6. The second-order valence-corrected chi connectivity index (χ2v) is 8.96. The van der Waals surface area contributed by atoms with Gasteiger partial charge < -0.3 is 5.32 Å². The van der Waals surface area contributed by atoms with Crippen molar-refractivity contribution in [1.29, 1.82) is 0 Å². The molecule has 0 saturated heterocycles. The number of rotatable bonds is 7. The van der Waals surface area contributed by atoms with Crippen molar-refractivity contribution in [3.63, 3.8) is 0 Å². The van der Waals surface area contributed by atoms with Crippen molar-refractivity contribution in [3.8, 4) is 0 Å². The fourth-order valence-corrected chi connectivity index (χ4v) is 3.84. The number of halogens is 1. The number of sulfonamides is 1. The molecule has 0 bridgehead atoms. The fraction of sp³-hybridized carbons (Fsp3) is 0.350. The van der Waals surface area contributed by atoms with Gasteiger partial charge in [-0.1, -0.05) is 42.8 Å². The highest BCUT2D eigenvalue weighted by Crippen LogP contribution is 2.23. The molecule has 0 radical (unpaired) electrons. The number of carbonyl (C=O) groups excluding carboxylic acids is 1. The van der Waals surface area contributed by atoms with Gasteiger partial charge >= 0.3 is 0 Å². The molecule has 0 aromatic heterocycles. The van der Waals surface area contributed by atoms with Crippen LogP contribution in [0.2, 0.25) is 5.02 Å². The molecule has 1 N–H and O–H groups in total. The van der Waals surface area contributed by atoms with E-state index in [2.05, 4.69) is 11.4 Å². The van der Waals surface area contributed by atoms with Crippen LogP contribution in [0.15, 0.2) is 42.5 Å². The van der Waals surface area contributed by atoms with E-state index < -0.39 is 10.0 Å². The third kappa shape index (κ3) is 5.71. The quantitative estimate of drug-likeness (QED) is 0.753. The molecule has 0 aliphatic rings. The van der Waals surface area contributed by atoms with Crippen molar-refractivity contribution in [2.45, 2.75) is 33.2 Å². The number of amides is 1. The van der Waals surface area contributed by atoms with Crippen LogP contribution in [0.1, 0.15) is 36.1 Å². The fourth-order valence-electron chi connectivity index (χ4n) is 2.80. The number of aryl methyl sites for hydroxylation is 2. The Kier molecular flexibility index (Phi) is 6.89. The molecule has 1 atom stereocenters. The van der Waals surface area contributed by atoms with Gasteiger partial charge in [-0.15, -0.1) is 0 Å². The Labute approximate surface area is 166 Å². The standard InChI is InChI=1S/C20H25ClN2O3S/c1-5-19(16-10-9-14(2)15(3)11-16)22-20(24)13-23(27(4,25)26)18-8-6-7-17(21)12-18/h6-12,19H,5,13H2,1-4H3,(H,22,24). The minimum atomic E-state index is -3.64. The molecule has 2 rings (SSSR count). The summed E-state index contributed by atoms with van der Waals surface area (Å²) in [4.78, 5) is 12.6. The maximum absolute atomic E-state index is 12.6. The lowest BCUT2D eigenvalue weighted by Crippen LogP contribution is -2.41. The molecule has 5 nitrogen and oxygen atoms in total. The van der Waals surface area contributed by atoms with Gasteiger partial charge in [-0.2, -0.15) is 0 Å². The number of carbonyl (C=O) groups is 1. The van der Waals surface area contributed by atoms with E-state index in [9.17, 15) is 13.2 Å². The van der Waals surface area contributed by atoms with Gasteiger partial charge in [-0.25, -0.2) is 8.42 Å². The number of hydrogen-bond donors (Lipinski definition) is 1. The topological polar surface area (TPSA) is 66.5 Å². The molecule has 27 heavy (non-hydrogen) atoms. The first-order valence-corrected chi connectivity index (χ1v) is 10.9. The summed E-state index contributed by atoms with van der Waals surface area (Å²) in [6, 6.07) is 12.3. The van der Waals surface area contributed by atoms with E-state index in [1.165, 1.54) is 11.6 Å². The summed E-state index contributed by atoms with van der Waals surface area (Å²) < 4.78 is 25.4. The smallest absolute Gasteiger partial charge is 0.241 e. The van der Waals surface area contributed by atoms with Crippen LogP contribution in [0.5, 0.6) is 0 Å². The zero-order valence-electron chi connectivity index (χ0n) is 16.0. The van der Waals surface area contributed by atoms with Crippen molar-refractivity contribution < 1.29 is 13.2 Å². The lowest BCUT2D eigenvalue weighted by Gasteiger charge is -2.24. The van der Waals surface area contributed by atoms with Crippen LogP contribution in [0, 0.1) is 13.8 Å². The third-order valence-electron chi connectivity index (χ3n) is 4.46. The number of hydrogen-bond acceptors (Lipinski definition) is 3. The van der Waals surface area contributed by atoms with Crippen molar-refractivity contribution >= 4 is 33.2 Å². The molecule has 0 saturated carbocycles. The van der Waals surface area contributed by atoms with Crippen LogP contribution in [-0.4, -0.2) is 27.1 Å². The largest absolute Gasteiger partial charge is 0.348 e. The van der Waals surface area contributed by atoms with E-state index in [1.54, 1.807) is 18.2 Å². The molecular formula is C20H25ClN2O3S. The molecule has 0 heterocycles. The monoisotopic (exact) mass is 408 g/mol. The third-order valence-corrected chi connectivity index (χ3v) is 5.84. The van der Waals surface area contributed by atoms with E-state index in [0.717, 1.165) is 21.7 Å². The molecule has 0 fully saturated rings. The van der Waals surface area contributed by atoms with Crippen LogP contribution in [0.25, 0.3) is 0 Å². The van der Waals surface area contributed by atoms with Gasteiger partial charge in [0.2, 0.25) is 15.9 Å². The SMILES string of the molecule is CCC(NC(=O)CN(c1cccc(Cl)c1)S(C)(=O)=O)c1ccc(C)c(C)c1. The van der Waals surface area contributed by atoms with E-state index in [4.69, 9.17) is 11.6 Å². The molecule has 0 aliphatic heterocycles. The Balaban J connectivity index is 2.20. The molecule has 1 unspecified atom stereocenters. The van der Waals surface area contributed by atoms with Crippen LogP contribution in [-0.2, 0) is 14.8 Å². The summed E-state index contributed by atoms with van der Waals surface area (Å²) in [5.41, 5.74) is 3.70. The molecular weight excluding hydrogens is 384 g/mol. The minimum absolute atomic E-state index is 0.183. The van der Waals surface area contributed by atoms with Crippen LogP contribution < -0.4 is 9.62 Å². The first-order valence-electron chi connectivity index (χ1n) is 8.71. The summed E-state index contributed by atoms with van der Waals surface area (Å²) in [5, 5.41) is 3.34. The molecule has 146 valence electrons. The molecule has 0 spiro atoms. The molecule has 1 amide bonds. The number of nitrogens with zero attached hydrogens (tertiary/aromatic N) is 1. The summed E-state index contributed by atoms with van der Waals surface area (Å²) in [6.45, 7) is 5.73. The predicted molar refractivity (Wildman–Crippen MR) is 111 cm³/mol. The Morgan fingerprint density at radius 3 is 2.41 bits per heavy atom. The van der Waals surface area contributed by atoms with Gasteiger partial charge in [0.15, 0.2) is 0 Å². The molecule has 7 heteroatoms. The van der Waals surface area contributed by atoms with Crippen molar-refractivity contribution in [1.82, 2.24) is 5.32 Å². The zero-order valence-corrected chi connectivity index (χ0v) is 17.6. The summed E-state index contributed by atoms with van der Waals surface area (Å²) in [7, 11) is -3.64. The molecule has 2 aromatic carbocycles. The Hall–Kier alpha value is -2.05. The number of nitrogens with one attached hydrogen (secondary N) is 1. The highest BCUT2D eigenvalue weighted by atomic mass is 35.5. The van der Waals surface area contributed by atoms with Crippen LogP contribution in [0.4, 0.5) is 5.69 Å². The predicted octanol–water partition coefficient (Wildman–Crippen LogP) is 3.99. The van der Waals surface area contributed by atoms with Gasteiger partial charge in [-0.05, 0) is 55.2 Å². The Morgan fingerprint density at radius 2 is 1.85 bits per heavy atom. The van der Waals surface area contributed by atoms with Crippen molar-refractivity contribution in [2.24, 2.45) is 0 Å². The normalized spacial score (nSPS) is 12.5. The first kappa shape index (κ1) is 21.3. The lowest BCUT2D eigenvalue weighted by molar-refractivity contribution is -0.120. The Morgan fingerprint density at radius 1 is 1.15 bits per heavy atom. The van der Waals surface area contributed by atoms with Gasteiger partial charge in [0.1, 0.15) is 6.54 Å². The average molecular weight is 409 g/mol. The molecule has 2 aromatic rings. The van der Waals surface area contributed by atoms with Crippen molar-refractivity contribution in [3.05, 3.63) is 64.2 Å². The van der Waals surface area contributed by atoms with Crippen LogP contribution in [0.3, 0.4) is 0 Å². The molecule has 0 aliphatic carbocycles. The van der Waals surface area contributed by atoms with E-state index in [-0.39, 0.29) is 18.5 Å². The second-order valence-electron chi connectivity index (χ2n) is 6.62. The van der Waals surface area contributed by atoms with Gasteiger partial charge in [0.25, 0.3) is 0 Å².